The van der Waals surface area contributed by atoms with Crippen molar-refractivity contribution in [1.29, 1.82) is 0 Å². The third-order valence-corrected chi connectivity index (χ3v) is 2.27. The molecular formula is C16H29N. The Labute approximate surface area is 108 Å². The van der Waals surface area contributed by atoms with E-state index in [-0.39, 0.29) is 0 Å². The Bertz CT molecular complexity index is 300. The average Bonchev–Trinajstić information content (AvgIpc) is 2.43. The second-order valence-corrected chi connectivity index (χ2v) is 3.13. The molecule has 0 bridgehead atoms. The zero-order valence-electron chi connectivity index (χ0n) is 12.7. The standard InChI is InChI=1S/C12H17N.2C2H6/c1-4-10-6-7-11(5-2)12(8-10)9-13-3;2*1-2/h6-9H,4-5H2,1-3H3;2*1-2H3. The molecule has 1 aromatic carbocycles. The molecular weight excluding hydrogens is 206 g/mol. The van der Waals surface area contributed by atoms with Crippen LogP contribution in [0.2, 0.25) is 0 Å². The number of nitrogens with zero attached hydrogens (tertiary/aromatic N) is 1. The maximum Gasteiger partial charge on any atom is 0.0284 e. The molecule has 17 heavy (non-hydrogen) atoms. The molecule has 0 aromatic heterocycles. The second kappa shape index (κ2) is 13.0. The second-order valence-electron chi connectivity index (χ2n) is 3.13. The first kappa shape index (κ1) is 18.3. The van der Waals surface area contributed by atoms with E-state index in [0.717, 1.165) is 12.8 Å². The largest absolute Gasteiger partial charge is 0.296 e. The van der Waals surface area contributed by atoms with Crippen LogP contribution in [-0.4, -0.2) is 13.3 Å². The van der Waals surface area contributed by atoms with Crippen LogP contribution in [0.5, 0.6) is 0 Å². The third kappa shape index (κ3) is 6.93. The molecule has 0 fully saturated rings. The van der Waals surface area contributed by atoms with Crippen molar-refractivity contribution >= 4 is 6.21 Å². The van der Waals surface area contributed by atoms with E-state index in [0.29, 0.717) is 0 Å². The molecule has 0 heterocycles. The fraction of sp³-hybridized carbons (Fsp3) is 0.562. The Hall–Kier alpha value is -1.11. The minimum absolute atomic E-state index is 1.07. The van der Waals surface area contributed by atoms with Crippen LogP contribution in [0.25, 0.3) is 0 Å². The summed E-state index contributed by atoms with van der Waals surface area (Å²) >= 11 is 0. The van der Waals surface area contributed by atoms with Gasteiger partial charge in [0.1, 0.15) is 0 Å². The predicted octanol–water partition coefficient (Wildman–Crippen LogP) is 4.91. The van der Waals surface area contributed by atoms with Crippen LogP contribution in [0.1, 0.15) is 58.2 Å². The SMILES string of the molecule is CC.CC.CCc1ccc(CC)c(C=NC)c1. The molecule has 0 amide bonds. The molecule has 0 N–H and O–H groups in total. The van der Waals surface area contributed by atoms with E-state index in [4.69, 9.17) is 0 Å². The predicted molar refractivity (Wildman–Crippen MR) is 81.4 cm³/mol. The van der Waals surface area contributed by atoms with Crippen LogP contribution in [0, 0.1) is 0 Å². The van der Waals surface area contributed by atoms with E-state index in [1.807, 2.05) is 41.0 Å². The lowest BCUT2D eigenvalue weighted by molar-refractivity contribution is 1.10. The van der Waals surface area contributed by atoms with Crippen LogP contribution in [0.15, 0.2) is 23.2 Å². The van der Waals surface area contributed by atoms with Gasteiger partial charge in [0.25, 0.3) is 0 Å². The highest BCUT2D eigenvalue weighted by Crippen LogP contribution is 2.11. The average molecular weight is 235 g/mol. The number of aryl methyl sites for hydroxylation is 2. The van der Waals surface area contributed by atoms with Crippen molar-refractivity contribution in [2.45, 2.75) is 54.4 Å². The van der Waals surface area contributed by atoms with Gasteiger partial charge in [0.05, 0.1) is 0 Å². The lowest BCUT2D eigenvalue weighted by Gasteiger charge is -2.04. The van der Waals surface area contributed by atoms with E-state index < -0.39 is 0 Å². The Balaban J connectivity index is 0. The van der Waals surface area contributed by atoms with Crippen molar-refractivity contribution in [1.82, 2.24) is 0 Å². The van der Waals surface area contributed by atoms with Gasteiger partial charge in [-0.2, -0.15) is 0 Å². The Morgan fingerprint density at radius 3 is 2.00 bits per heavy atom. The lowest BCUT2D eigenvalue weighted by atomic mass is 10.0. The molecule has 0 atom stereocenters. The molecule has 0 spiro atoms. The number of hydrogen-bond acceptors (Lipinski definition) is 1. The van der Waals surface area contributed by atoms with Gasteiger partial charge >= 0.3 is 0 Å². The van der Waals surface area contributed by atoms with E-state index in [1.165, 1.54) is 16.7 Å². The van der Waals surface area contributed by atoms with E-state index >= 15 is 0 Å². The summed E-state index contributed by atoms with van der Waals surface area (Å²) in [4.78, 5) is 4.06. The van der Waals surface area contributed by atoms with Gasteiger partial charge in [0.15, 0.2) is 0 Å². The summed E-state index contributed by atoms with van der Waals surface area (Å²) < 4.78 is 0. The van der Waals surface area contributed by atoms with Crippen molar-refractivity contribution in [3.05, 3.63) is 34.9 Å². The summed E-state index contributed by atoms with van der Waals surface area (Å²) in [5.74, 6) is 0. The molecule has 98 valence electrons. The minimum atomic E-state index is 1.07. The van der Waals surface area contributed by atoms with E-state index in [9.17, 15) is 0 Å². The third-order valence-electron chi connectivity index (χ3n) is 2.27. The van der Waals surface area contributed by atoms with Crippen molar-refractivity contribution in [3.8, 4) is 0 Å². The maximum atomic E-state index is 4.06. The molecule has 1 rings (SSSR count). The van der Waals surface area contributed by atoms with Gasteiger partial charge < -0.3 is 0 Å². The molecule has 0 aliphatic rings. The maximum absolute atomic E-state index is 4.06. The summed E-state index contributed by atoms with van der Waals surface area (Å²) in [7, 11) is 1.82. The van der Waals surface area contributed by atoms with Crippen molar-refractivity contribution in [2.24, 2.45) is 4.99 Å². The normalized spacial score (nSPS) is 9.12. The van der Waals surface area contributed by atoms with E-state index in [2.05, 4.69) is 37.0 Å². The highest BCUT2D eigenvalue weighted by Gasteiger charge is 1.98. The topological polar surface area (TPSA) is 12.4 Å². The minimum Gasteiger partial charge on any atom is -0.296 e. The van der Waals surface area contributed by atoms with Crippen LogP contribution in [0.4, 0.5) is 0 Å². The summed E-state index contributed by atoms with van der Waals surface area (Å²) in [6.07, 6.45) is 4.11. The van der Waals surface area contributed by atoms with Gasteiger partial charge in [-0.3, -0.25) is 4.99 Å². The Morgan fingerprint density at radius 1 is 1.00 bits per heavy atom. The molecule has 1 nitrogen and oxygen atoms in total. The zero-order chi connectivity index (χ0) is 13.7. The summed E-state index contributed by atoms with van der Waals surface area (Å²) in [5.41, 5.74) is 4.03. The molecule has 0 saturated carbocycles. The number of rotatable bonds is 3. The van der Waals surface area contributed by atoms with Crippen LogP contribution in [0.3, 0.4) is 0 Å². The molecule has 0 saturated heterocycles. The van der Waals surface area contributed by atoms with Gasteiger partial charge in [-0.25, -0.2) is 0 Å². The number of hydrogen-bond donors (Lipinski definition) is 0. The van der Waals surface area contributed by atoms with Crippen LogP contribution < -0.4 is 0 Å². The Kier molecular flexibility index (Phi) is 13.9. The summed E-state index contributed by atoms with van der Waals surface area (Å²) in [5, 5.41) is 0. The first-order chi connectivity index (χ1) is 8.31. The Morgan fingerprint density at radius 2 is 1.59 bits per heavy atom. The van der Waals surface area contributed by atoms with Gasteiger partial charge in [-0.05, 0) is 35.6 Å². The molecule has 0 unspecified atom stereocenters. The first-order valence-corrected chi connectivity index (χ1v) is 6.85. The van der Waals surface area contributed by atoms with Crippen LogP contribution in [-0.2, 0) is 12.8 Å². The fourth-order valence-corrected chi connectivity index (χ4v) is 1.45. The monoisotopic (exact) mass is 235 g/mol. The number of benzene rings is 1. The molecule has 0 aliphatic heterocycles. The fourth-order valence-electron chi connectivity index (χ4n) is 1.45. The smallest absolute Gasteiger partial charge is 0.0284 e. The van der Waals surface area contributed by atoms with Gasteiger partial charge in [0.2, 0.25) is 0 Å². The van der Waals surface area contributed by atoms with Crippen LogP contribution >= 0.6 is 0 Å². The van der Waals surface area contributed by atoms with E-state index in [1.54, 1.807) is 0 Å². The van der Waals surface area contributed by atoms with Gasteiger partial charge in [0, 0.05) is 13.3 Å². The summed E-state index contributed by atoms with van der Waals surface area (Å²) in [6, 6.07) is 6.63. The quantitative estimate of drug-likeness (QED) is 0.660. The van der Waals surface area contributed by atoms with Gasteiger partial charge in [-0.1, -0.05) is 53.7 Å². The zero-order valence-corrected chi connectivity index (χ0v) is 12.7. The molecule has 0 aliphatic carbocycles. The highest BCUT2D eigenvalue weighted by molar-refractivity contribution is 5.82. The van der Waals surface area contributed by atoms with Crippen molar-refractivity contribution < 1.29 is 0 Å². The highest BCUT2D eigenvalue weighted by atomic mass is 14.6. The molecule has 1 aromatic rings. The summed E-state index contributed by atoms with van der Waals surface area (Å²) in [6.45, 7) is 12.3. The molecule has 1 heteroatoms. The molecule has 0 radical (unpaired) electrons. The van der Waals surface area contributed by atoms with Crippen molar-refractivity contribution in [2.75, 3.05) is 7.05 Å². The first-order valence-electron chi connectivity index (χ1n) is 6.85. The number of aliphatic imine (C=N–C) groups is 1. The lowest BCUT2D eigenvalue weighted by Crippen LogP contribution is -1.93. The van der Waals surface area contributed by atoms with Gasteiger partial charge in [-0.15, -0.1) is 0 Å². The van der Waals surface area contributed by atoms with Crippen molar-refractivity contribution in [3.63, 3.8) is 0 Å².